The first kappa shape index (κ1) is 15.3. The second-order valence-corrected chi connectivity index (χ2v) is 7.79. The highest BCUT2D eigenvalue weighted by atomic mass is 32.2. The average molecular weight is 281 g/mol. The van der Waals surface area contributed by atoms with Gasteiger partial charge in [-0.15, -0.1) is 0 Å². The molecule has 0 saturated heterocycles. The zero-order valence-electron chi connectivity index (χ0n) is 10.4. The molecule has 0 aliphatic heterocycles. The van der Waals surface area contributed by atoms with Gasteiger partial charge in [0.1, 0.15) is 13.2 Å². The first-order valence-electron chi connectivity index (χ1n) is 5.08. The normalized spacial score (nSPS) is 14.8. The number of nitriles is 1. The van der Waals surface area contributed by atoms with Crippen molar-refractivity contribution < 1.29 is 13.6 Å². The van der Waals surface area contributed by atoms with E-state index in [9.17, 15) is 4.57 Å². The molecule has 2 radical (unpaired) electrons. The highest BCUT2D eigenvalue weighted by molar-refractivity contribution is 8.09. The lowest BCUT2D eigenvalue weighted by Crippen LogP contribution is -2.20. The molecule has 0 fully saturated rings. The van der Waals surface area contributed by atoms with Gasteiger partial charge in [-0.2, -0.15) is 5.26 Å². The Labute approximate surface area is 113 Å². The van der Waals surface area contributed by atoms with Gasteiger partial charge >= 0.3 is 7.60 Å². The number of hydrogen-bond acceptors (Lipinski definition) is 5. The zero-order valence-corrected chi connectivity index (χ0v) is 12.1. The maximum Gasteiger partial charge on any atom is 0.351 e. The van der Waals surface area contributed by atoms with Gasteiger partial charge in [0.15, 0.2) is 4.49 Å². The summed E-state index contributed by atoms with van der Waals surface area (Å²) >= 11 is 0.845. The first-order valence-corrected chi connectivity index (χ1v) is 7.44. The van der Waals surface area contributed by atoms with Crippen LogP contribution in [0.3, 0.4) is 0 Å². The van der Waals surface area contributed by atoms with Crippen molar-refractivity contribution in [3.8, 4) is 5.40 Å². The van der Waals surface area contributed by atoms with E-state index < -0.39 is 12.1 Å². The molecule has 0 saturated carbocycles. The topological polar surface area (TPSA) is 59.3 Å². The Balaban J connectivity index is 3.36. The van der Waals surface area contributed by atoms with Gasteiger partial charge in [-0.05, 0) is 24.2 Å². The van der Waals surface area contributed by atoms with Crippen molar-refractivity contribution in [3.05, 3.63) is 29.8 Å². The summed E-state index contributed by atoms with van der Waals surface area (Å²) in [5.74, 6) is 0. The highest BCUT2D eigenvalue weighted by Gasteiger charge is 2.48. The van der Waals surface area contributed by atoms with Crippen LogP contribution in [-0.4, -0.2) is 22.1 Å². The van der Waals surface area contributed by atoms with Crippen LogP contribution in [0.1, 0.15) is 12.5 Å². The van der Waals surface area contributed by atoms with Gasteiger partial charge in [0.05, 0.1) is 0 Å². The van der Waals surface area contributed by atoms with Crippen molar-refractivity contribution in [1.82, 2.24) is 0 Å². The Hall–Kier alpha value is -0.725. The molecule has 94 valence electrons. The molecule has 0 heterocycles. The molecule has 18 heavy (non-hydrogen) atoms. The molecular formula is C11H13BNO3PS. The van der Waals surface area contributed by atoms with Crippen molar-refractivity contribution in [2.75, 3.05) is 14.2 Å². The fraction of sp³-hybridized carbons (Fsp3) is 0.364. The maximum absolute atomic E-state index is 12.6. The predicted octanol–water partition coefficient (Wildman–Crippen LogP) is 2.35. The Kier molecular flexibility index (Phi) is 5.06. The Morgan fingerprint density at radius 2 is 1.83 bits per heavy atom. The molecule has 0 amide bonds. The molecule has 0 aromatic heterocycles. The molecular weight excluding hydrogens is 268 g/mol. The predicted molar refractivity (Wildman–Crippen MR) is 74.0 cm³/mol. The number of thiocyanates is 1. The summed E-state index contributed by atoms with van der Waals surface area (Å²) in [7, 11) is 4.76. The summed E-state index contributed by atoms with van der Waals surface area (Å²) in [6.45, 7) is 1.65. The van der Waals surface area contributed by atoms with Crippen LogP contribution in [0, 0.1) is 10.7 Å². The van der Waals surface area contributed by atoms with E-state index in [1.807, 2.05) is 5.40 Å². The largest absolute Gasteiger partial charge is 0.351 e. The van der Waals surface area contributed by atoms with E-state index in [0.29, 0.717) is 11.0 Å². The summed E-state index contributed by atoms with van der Waals surface area (Å²) < 4.78 is 21.5. The van der Waals surface area contributed by atoms with Crippen LogP contribution in [0.5, 0.6) is 0 Å². The molecule has 1 aromatic rings. The Bertz CT molecular complexity index is 494. The molecule has 1 atom stereocenters. The summed E-state index contributed by atoms with van der Waals surface area (Å²) in [5, 5.41) is 10.9. The van der Waals surface area contributed by atoms with Crippen LogP contribution in [0.25, 0.3) is 0 Å². The van der Waals surface area contributed by atoms with Crippen LogP contribution in [0.15, 0.2) is 24.3 Å². The van der Waals surface area contributed by atoms with Gasteiger partial charge in [0.2, 0.25) is 0 Å². The van der Waals surface area contributed by atoms with Crippen molar-refractivity contribution in [1.29, 1.82) is 5.26 Å². The van der Waals surface area contributed by atoms with E-state index in [-0.39, 0.29) is 0 Å². The first-order chi connectivity index (χ1) is 8.43. The number of thioether (sulfide) groups is 1. The summed E-state index contributed by atoms with van der Waals surface area (Å²) in [5.41, 5.74) is 1.25. The second-order valence-electron chi connectivity index (χ2n) is 3.66. The van der Waals surface area contributed by atoms with Crippen LogP contribution in [0.2, 0.25) is 0 Å². The monoisotopic (exact) mass is 281 g/mol. The molecule has 7 heteroatoms. The van der Waals surface area contributed by atoms with Gasteiger partial charge in [-0.3, -0.25) is 4.57 Å². The molecule has 1 rings (SSSR count). The van der Waals surface area contributed by atoms with Gasteiger partial charge in [0, 0.05) is 14.2 Å². The summed E-state index contributed by atoms with van der Waals surface area (Å²) in [6.07, 6.45) is 0. The summed E-state index contributed by atoms with van der Waals surface area (Å²) in [6, 6.07) is 6.79. The van der Waals surface area contributed by atoms with Crippen molar-refractivity contribution >= 4 is 32.7 Å². The average Bonchev–Trinajstić information content (AvgIpc) is 2.38. The fourth-order valence-electron chi connectivity index (χ4n) is 1.58. The molecule has 1 aromatic carbocycles. The molecule has 4 nitrogen and oxygen atoms in total. The number of hydrogen-bond donors (Lipinski definition) is 0. The lowest BCUT2D eigenvalue weighted by Gasteiger charge is -2.32. The smallest absolute Gasteiger partial charge is 0.311 e. The fourth-order valence-corrected chi connectivity index (χ4v) is 4.34. The zero-order chi connectivity index (χ0) is 13.8. The van der Waals surface area contributed by atoms with E-state index in [1.54, 1.807) is 31.2 Å². The Morgan fingerprint density at radius 1 is 1.33 bits per heavy atom. The van der Waals surface area contributed by atoms with Crippen LogP contribution >= 0.6 is 19.4 Å². The third-order valence-electron chi connectivity index (χ3n) is 2.69. The highest BCUT2D eigenvalue weighted by Crippen LogP contribution is 2.68. The molecule has 0 bridgehead atoms. The molecule has 0 aliphatic rings. The standard InChI is InChI=1S/C11H13BNO3PS/c1-11(18-8-13,17(14,15-2)16-3)9-4-6-10(12)7-5-9/h4-7H,1-3H3. The quantitative estimate of drug-likeness (QED) is 0.471. The van der Waals surface area contributed by atoms with Gasteiger partial charge < -0.3 is 9.05 Å². The van der Waals surface area contributed by atoms with E-state index in [4.69, 9.17) is 22.2 Å². The van der Waals surface area contributed by atoms with Crippen LogP contribution < -0.4 is 5.46 Å². The third kappa shape index (κ3) is 2.65. The Morgan fingerprint density at radius 3 is 2.22 bits per heavy atom. The molecule has 1 unspecified atom stereocenters. The van der Waals surface area contributed by atoms with Crippen molar-refractivity contribution in [2.45, 2.75) is 11.4 Å². The van der Waals surface area contributed by atoms with Crippen LogP contribution in [0.4, 0.5) is 0 Å². The number of nitrogens with zero attached hydrogens (tertiary/aromatic N) is 1. The summed E-state index contributed by atoms with van der Waals surface area (Å²) in [4.78, 5) is 0. The van der Waals surface area contributed by atoms with Crippen molar-refractivity contribution in [2.24, 2.45) is 0 Å². The van der Waals surface area contributed by atoms with E-state index >= 15 is 0 Å². The SMILES string of the molecule is [B]c1ccc(C(C)(SC#N)P(=O)(OC)OC)cc1. The lowest BCUT2D eigenvalue weighted by atomic mass is 9.95. The molecule has 0 N–H and O–H groups in total. The van der Waals surface area contributed by atoms with E-state index in [2.05, 4.69) is 0 Å². The molecule has 0 spiro atoms. The minimum atomic E-state index is -3.46. The van der Waals surface area contributed by atoms with E-state index in [1.165, 1.54) is 14.2 Å². The maximum atomic E-state index is 12.6. The second kappa shape index (κ2) is 5.94. The van der Waals surface area contributed by atoms with Gasteiger partial charge in [0.25, 0.3) is 0 Å². The minimum absolute atomic E-state index is 0.590. The third-order valence-corrected chi connectivity index (χ3v) is 6.63. The van der Waals surface area contributed by atoms with Gasteiger partial charge in [-0.1, -0.05) is 29.7 Å². The van der Waals surface area contributed by atoms with E-state index in [0.717, 1.165) is 11.8 Å². The van der Waals surface area contributed by atoms with Gasteiger partial charge in [-0.25, -0.2) is 0 Å². The van der Waals surface area contributed by atoms with Crippen LogP contribution in [-0.2, 0) is 18.1 Å². The van der Waals surface area contributed by atoms with Crippen molar-refractivity contribution in [3.63, 3.8) is 0 Å². The number of rotatable bonds is 5. The number of benzene rings is 1. The molecule has 0 aliphatic carbocycles. The lowest BCUT2D eigenvalue weighted by molar-refractivity contribution is 0.263. The minimum Gasteiger partial charge on any atom is -0.311 e.